The number of nitrogens with zero attached hydrogens (tertiary/aromatic N) is 1. The van der Waals surface area contributed by atoms with Crippen LogP contribution < -0.4 is 5.32 Å². The van der Waals surface area contributed by atoms with Crippen LogP contribution in [0.3, 0.4) is 0 Å². The number of methoxy groups -OCH3 is 1. The molecule has 0 spiro atoms. The number of anilines is 1. The van der Waals surface area contributed by atoms with Gasteiger partial charge in [0.1, 0.15) is 6.04 Å². The molecule has 0 fully saturated rings. The van der Waals surface area contributed by atoms with Crippen LogP contribution in [0.1, 0.15) is 22.3 Å². The fourth-order valence-electron chi connectivity index (χ4n) is 2.24. The summed E-state index contributed by atoms with van der Waals surface area (Å²) in [5.74, 6) is -1.75. The monoisotopic (exact) mass is 292 g/mol. The van der Waals surface area contributed by atoms with Crippen LogP contribution in [0.2, 0.25) is 0 Å². The standard InChI is InChI=1S/C14H16N2O5/c1-16-7-9-5-8(14(19)20)3-4-10(9)15-11(13(16)18)6-12(17)21-2/h3-5,11,15H,6-7H2,1-2H3,(H,19,20)/t11-/m0/s1. The predicted molar refractivity (Wildman–Crippen MR) is 73.9 cm³/mol. The number of rotatable bonds is 3. The Bertz CT molecular complexity index is 599. The van der Waals surface area contributed by atoms with Crippen molar-refractivity contribution in [3.05, 3.63) is 29.3 Å². The van der Waals surface area contributed by atoms with Gasteiger partial charge in [-0.15, -0.1) is 0 Å². The second kappa shape index (κ2) is 5.82. The van der Waals surface area contributed by atoms with Gasteiger partial charge in [0.2, 0.25) is 5.91 Å². The number of fused-ring (bicyclic) bond motifs is 1. The zero-order valence-corrected chi connectivity index (χ0v) is 11.8. The van der Waals surface area contributed by atoms with Crippen molar-refractivity contribution in [3.8, 4) is 0 Å². The summed E-state index contributed by atoms with van der Waals surface area (Å²) in [6.07, 6.45) is -0.0835. The first-order valence-corrected chi connectivity index (χ1v) is 6.37. The van der Waals surface area contributed by atoms with E-state index in [1.165, 1.54) is 24.1 Å². The van der Waals surface area contributed by atoms with E-state index in [0.29, 0.717) is 11.3 Å². The molecule has 7 heteroatoms. The molecular weight excluding hydrogens is 276 g/mol. The number of nitrogens with one attached hydrogen (secondary N) is 1. The molecule has 1 aliphatic rings. The number of carbonyl (C=O) groups excluding carboxylic acids is 2. The smallest absolute Gasteiger partial charge is 0.335 e. The van der Waals surface area contributed by atoms with Crippen LogP contribution in [0.15, 0.2) is 18.2 Å². The number of aromatic carboxylic acids is 1. The number of carboxylic acids is 1. The van der Waals surface area contributed by atoms with Crippen molar-refractivity contribution in [3.63, 3.8) is 0 Å². The number of carbonyl (C=O) groups is 3. The largest absolute Gasteiger partial charge is 0.478 e. The fourth-order valence-corrected chi connectivity index (χ4v) is 2.24. The average molecular weight is 292 g/mol. The van der Waals surface area contributed by atoms with E-state index in [1.807, 2.05) is 0 Å². The lowest BCUT2D eigenvalue weighted by atomic mass is 10.1. The minimum absolute atomic E-state index is 0.0835. The maximum Gasteiger partial charge on any atom is 0.335 e. The second-order valence-corrected chi connectivity index (χ2v) is 4.85. The summed E-state index contributed by atoms with van der Waals surface area (Å²) in [6, 6.07) is 3.86. The van der Waals surface area contributed by atoms with Crippen LogP contribution >= 0.6 is 0 Å². The molecule has 112 valence electrons. The third-order valence-electron chi connectivity index (χ3n) is 3.36. The summed E-state index contributed by atoms with van der Waals surface area (Å²) < 4.78 is 4.59. The quantitative estimate of drug-likeness (QED) is 0.796. The first kappa shape index (κ1) is 14.8. The number of hydrogen-bond acceptors (Lipinski definition) is 5. The van der Waals surface area contributed by atoms with Gasteiger partial charge in [-0.1, -0.05) is 0 Å². The summed E-state index contributed by atoms with van der Waals surface area (Å²) in [7, 11) is 2.87. The topological polar surface area (TPSA) is 95.9 Å². The van der Waals surface area contributed by atoms with Gasteiger partial charge >= 0.3 is 11.9 Å². The predicted octanol–water partition coefficient (Wildman–Crippen LogP) is 0.700. The van der Waals surface area contributed by atoms with Crippen molar-refractivity contribution < 1.29 is 24.2 Å². The zero-order chi connectivity index (χ0) is 15.6. The van der Waals surface area contributed by atoms with Gasteiger partial charge in [-0.3, -0.25) is 9.59 Å². The van der Waals surface area contributed by atoms with Crippen molar-refractivity contribution in [2.75, 3.05) is 19.5 Å². The molecule has 2 rings (SSSR count). The zero-order valence-electron chi connectivity index (χ0n) is 11.8. The van der Waals surface area contributed by atoms with Gasteiger partial charge in [-0.2, -0.15) is 0 Å². The number of amides is 1. The molecule has 2 N–H and O–H groups in total. The molecule has 1 heterocycles. The van der Waals surface area contributed by atoms with Gasteiger partial charge < -0.3 is 20.1 Å². The summed E-state index contributed by atoms with van der Waals surface area (Å²) in [4.78, 5) is 36.1. The van der Waals surface area contributed by atoms with E-state index in [4.69, 9.17) is 5.11 Å². The third kappa shape index (κ3) is 3.13. The molecular formula is C14H16N2O5. The van der Waals surface area contributed by atoms with E-state index in [0.717, 1.165) is 0 Å². The van der Waals surface area contributed by atoms with Crippen LogP contribution in [0, 0.1) is 0 Å². The molecule has 0 saturated heterocycles. The van der Waals surface area contributed by atoms with E-state index in [-0.39, 0.29) is 24.4 Å². The van der Waals surface area contributed by atoms with Crippen molar-refractivity contribution in [1.29, 1.82) is 0 Å². The summed E-state index contributed by atoms with van der Waals surface area (Å²) in [5.41, 5.74) is 1.49. The Balaban J connectivity index is 2.33. The van der Waals surface area contributed by atoms with Gasteiger partial charge in [-0.25, -0.2) is 4.79 Å². The molecule has 7 nitrogen and oxygen atoms in total. The number of carboxylic acid groups (broad SMARTS) is 1. The molecule has 0 radical (unpaired) electrons. The molecule has 0 bridgehead atoms. The Morgan fingerprint density at radius 3 is 2.81 bits per heavy atom. The van der Waals surface area contributed by atoms with E-state index in [2.05, 4.69) is 10.1 Å². The van der Waals surface area contributed by atoms with E-state index in [1.54, 1.807) is 13.1 Å². The van der Waals surface area contributed by atoms with Crippen molar-refractivity contribution in [1.82, 2.24) is 4.90 Å². The highest BCUT2D eigenvalue weighted by Gasteiger charge is 2.29. The maximum atomic E-state index is 12.2. The van der Waals surface area contributed by atoms with Crippen LogP contribution in [0.4, 0.5) is 5.69 Å². The van der Waals surface area contributed by atoms with E-state index < -0.39 is 18.0 Å². The number of hydrogen-bond donors (Lipinski definition) is 2. The minimum atomic E-state index is -1.03. The molecule has 0 saturated carbocycles. The van der Waals surface area contributed by atoms with E-state index >= 15 is 0 Å². The van der Waals surface area contributed by atoms with E-state index in [9.17, 15) is 14.4 Å². The lowest BCUT2D eigenvalue weighted by Crippen LogP contribution is -2.39. The average Bonchev–Trinajstić information content (AvgIpc) is 2.56. The van der Waals surface area contributed by atoms with Gasteiger partial charge in [-0.05, 0) is 23.8 Å². The lowest BCUT2D eigenvalue weighted by Gasteiger charge is -2.19. The molecule has 0 aromatic heterocycles. The SMILES string of the molecule is COC(=O)C[C@@H]1Nc2ccc(C(=O)O)cc2CN(C)C1=O. The first-order valence-electron chi connectivity index (χ1n) is 6.37. The number of likely N-dealkylation sites (N-methyl/N-ethyl adjacent to an activating group) is 1. The molecule has 1 aromatic carbocycles. The highest BCUT2D eigenvalue weighted by atomic mass is 16.5. The molecule has 1 atom stereocenters. The van der Waals surface area contributed by atoms with Gasteiger partial charge in [0, 0.05) is 19.3 Å². The summed E-state index contributed by atoms with van der Waals surface area (Å²) >= 11 is 0. The summed E-state index contributed by atoms with van der Waals surface area (Å²) in [5, 5.41) is 12.0. The maximum absolute atomic E-state index is 12.2. The highest BCUT2D eigenvalue weighted by Crippen LogP contribution is 2.24. The normalized spacial score (nSPS) is 17.5. The first-order chi connectivity index (χ1) is 9.92. The number of ether oxygens (including phenoxy) is 1. The van der Waals surface area contributed by atoms with Gasteiger partial charge in [0.15, 0.2) is 0 Å². The molecule has 1 aromatic rings. The highest BCUT2D eigenvalue weighted by molar-refractivity contribution is 5.92. The van der Waals surface area contributed by atoms with Crippen molar-refractivity contribution >= 4 is 23.5 Å². The van der Waals surface area contributed by atoms with Crippen LogP contribution in [0.5, 0.6) is 0 Å². The Labute approximate surface area is 121 Å². The van der Waals surface area contributed by atoms with Gasteiger partial charge in [0.05, 0.1) is 19.1 Å². The van der Waals surface area contributed by atoms with Crippen molar-refractivity contribution in [2.24, 2.45) is 0 Å². The molecule has 1 amide bonds. The molecule has 1 aliphatic heterocycles. The number of benzene rings is 1. The molecule has 21 heavy (non-hydrogen) atoms. The summed E-state index contributed by atoms with van der Waals surface area (Å²) in [6.45, 7) is 0.278. The fraction of sp³-hybridized carbons (Fsp3) is 0.357. The minimum Gasteiger partial charge on any atom is -0.478 e. The van der Waals surface area contributed by atoms with Crippen LogP contribution in [0.25, 0.3) is 0 Å². The Kier molecular flexibility index (Phi) is 4.11. The molecule has 0 aliphatic carbocycles. The second-order valence-electron chi connectivity index (χ2n) is 4.85. The Hall–Kier alpha value is -2.57. The molecule has 0 unspecified atom stereocenters. The number of esters is 1. The van der Waals surface area contributed by atoms with Crippen LogP contribution in [-0.4, -0.2) is 48.1 Å². The Morgan fingerprint density at radius 1 is 1.48 bits per heavy atom. The lowest BCUT2D eigenvalue weighted by molar-refractivity contribution is -0.143. The van der Waals surface area contributed by atoms with Crippen molar-refractivity contribution in [2.45, 2.75) is 19.0 Å². The Morgan fingerprint density at radius 2 is 2.19 bits per heavy atom. The van der Waals surface area contributed by atoms with Gasteiger partial charge in [0.25, 0.3) is 0 Å². The third-order valence-corrected chi connectivity index (χ3v) is 3.36. The van der Waals surface area contributed by atoms with Crippen LogP contribution in [-0.2, 0) is 20.9 Å².